The molecule has 4 nitrogen and oxygen atoms in total. The molecule has 0 aliphatic carbocycles. The Labute approximate surface area is 81.5 Å². The maximum Gasteiger partial charge on any atom is 0.156 e. The molecule has 68 valence electrons. The number of rotatable bonds is 1. The van der Waals surface area contributed by atoms with E-state index in [-0.39, 0.29) is 0 Å². The average molecular weight is 184 g/mol. The summed E-state index contributed by atoms with van der Waals surface area (Å²) in [6.07, 6.45) is 6.74. The average Bonchev–Trinajstić information content (AvgIpc) is 2.70. The minimum absolute atomic E-state index is 0.588. The van der Waals surface area contributed by atoms with Gasteiger partial charge in [0.05, 0.1) is 5.56 Å². The topological polar surface area (TPSA) is 54.5 Å². The number of nitrogens with zero attached hydrogens (tertiary/aromatic N) is 4. The number of nitriles is 1. The molecule has 14 heavy (non-hydrogen) atoms. The van der Waals surface area contributed by atoms with E-state index in [1.165, 1.54) is 0 Å². The fraction of sp³-hybridized carbons (Fsp3) is 0.100. The second kappa shape index (κ2) is 3.30. The van der Waals surface area contributed by atoms with Crippen LogP contribution >= 0.6 is 0 Å². The molecular formula is C10H8N4. The predicted octanol–water partition coefficient (Wildman–Crippen LogP) is 1.45. The minimum Gasteiger partial charge on any atom is -0.289 e. The van der Waals surface area contributed by atoms with Crippen molar-refractivity contribution in [2.24, 2.45) is 0 Å². The van der Waals surface area contributed by atoms with E-state index in [2.05, 4.69) is 16.0 Å². The van der Waals surface area contributed by atoms with Crippen LogP contribution in [0, 0.1) is 18.3 Å². The summed E-state index contributed by atoms with van der Waals surface area (Å²) in [4.78, 5) is 8.07. The zero-order valence-electron chi connectivity index (χ0n) is 7.68. The zero-order chi connectivity index (χ0) is 9.97. The molecule has 0 amide bonds. The molecule has 2 aromatic rings. The fourth-order valence-electron chi connectivity index (χ4n) is 1.26. The minimum atomic E-state index is 0.588. The lowest BCUT2D eigenvalue weighted by Gasteiger charge is -2.04. The third-order valence-electron chi connectivity index (χ3n) is 2.00. The van der Waals surface area contributed by atoms with Crippen LogP contribution in [0.3, 0.4) is 0 Å². The molecule has 2 aromatic heterocycles. The van der Waals surface area contributed by atoms with Crippen molar-refractivity contribution in [1.82, 2.24) is 14.5 Å². The summed E-state index contributed by atoms with van der Waals surface area (Å²) in [6, 6.07) is 3.96. The molecule has 0 aliphatic heterocycles. The summed E-state index contributed by atoms with van der Waals surface area (Å²) in [5, 5.41) is 8.97. The lowest BCUT2D eigenvalue weighted by molar-refractivity contribution is 0.980. The summed E-state index contributed by atoms with van der Waals surface area (Å²) in [5.41, 5.74) is 1.51. The maximum atomic E-state index is 8.97. The number of hydrogen-bond acceptors (Lipinski definition) is 3. The molecule has 0 aromatic carbocycles. The van der Waals surface area contributed by atoms with E-state index in [0.717, 1.165) is 5.56 Å². The van der Waals surface area contributed by atoms with Gasteiger partial charge in [0.15, 0.2) is 5.82 Å². The van der Waals surface area contributed by atoms with Gasteiger partial charge in [-0.25, -0.2) is 9.97 Å². The molecule has 0 aliphatic rings. The Kier molecular flexibility index (Phi) is 1.99. The van der Waals surface area contributed by atoms with Gasteiger partial charge in [-0.05, 0) is 18.6 Å². The van der Waals surface area contributed by atoms with E-state index in [1.807, 2.05) is 13.0 Å². The molecule has 2 rings (SSSR count). The van der Waals surface area contributed by atoms with Gasteiger partial charge in [0.1, 0.15) is 12.4 Å². The summed E-state index contributed by atoms with van der Waals surface area (Å²) >= 11 is 0. The van der Waals surface area contributed by atoms with Crippen LogP contribution in [-0.2, 0) is 0 Å². The van der Waals surface area contributed by atoms with Crippen LogP contribution in [0.5, 0.6) is 0 Å². The smallest absolute Gasteiger partial charge is 0.156 e. The quantitative estimate of drug-likeness (QED) is 0.674. The van der Waals surface area contributed by atoms with E-state index in [0.29, 0.717) is 11.4 Å². The summed E-state index contributed by atoms with van der Waals surface area (Å²) in [7, 11) is 0. The molecule has 0 unspecified atom stereocenters. The van der Waals surface area contributed by atoms with Gasteiger partial charge in [-0.1, -0.05) is 0 Å². The summed E-state index contributed by atoms with van der Waals surface area (Å²) < 4.78 is 1.73. The van der Waals surface area contributed by atoms with Gasteiger partial charge >= 0.3 is 0 Å². The molecule has 0 fully saturated rings. The maximum absolute atomic E-state index is 8.97. The first-order chi connectivity index (χ1) is 6.83. The van der Waals surface area contributed by atoms with E-state index in [4.69, 9.17) is 5.26 Å². The van der Waals surface area contributed by atoms with Gasteiger partial charge in [-0.3, -0.25) is 4.57 Å². The predicted molar refractivity (Wildman–Crippen MR) is 50.8 cm³/mol. The molecule has 0 radical (unpaired) electrons. The van der Waals surface area contributed by atoms with Crippen molar-refractivity contribution >= 4 is 0 Å². The highest BCUT2D eigenvalue weighted by atomic mass is 15.1. The monoisotopic (exact) mass is 184 g/mol. The molecule has 4 heteroatoms. The Morgan fingerprint density at radius 3 is 2.93 bits per heavy atom. The Morgan fingerprint density at radius 1 is 1.43 bits per heavy atom. The third-order valence-corrected chi connectivity index (χ3v) is 2.00. The van der Waals surface area contributed by atoms with Crippen LogP contribution < -0.4 is 0 Å². The molecule has 2 heterocycles. The van der Waals surface area contributed by atoms with Gasteiger partial charge in [0.2, 0.25) is 0 Å². The van der Waals surface area contributed by atoms with Gasteiger partial charge < -0.3 is 0 Å². The lowest BCUT2D eigenvalue weighted by Crippen LogP contribution is -1.99. The van der Waals surface area contributed by atoms with Crippen molar-refractivity contribution in [2.45, 2.75) is 6.92 Å². The Hall–Kier alpha value is -2.15. The molecule has 0 bridgehead atoms. The van der Waals surface area contributed by atoms with Gasteiger partial charge in [0.25, 0.3) is 0 Å². The first kappa shape index (κ1) is 8.45. The fourth-order valence-corrected chi connectivity index (χ4v) is 1.26. The van der Waals surface area contributed by atoms with E-state index >= 15 is 0 Å². The van der Waals surface area contributed by atoms with Crippen LogP contribution in [0.25, 0.3) is 5.82 Å². The van der Waals surface area contributed by atoms with Crippen molar-refractivity contribution in [2.75, 3.05) is 0 Å². The highest BCUT2D eigenvalue weighted by molar-refractivity contribution is 5.48. The van der Waals surface area contributed by atoms with Crippen LogP contribution in [0.1, 0.15) is 11.1 Å². The number of aromatic nitrogens is 3. The van der Waals surface area contributed by atoms with Crippen molar-refractivity contribution in [3.63, 3.8) is 0 Å². The zero-order valence-corrected chi connectivity index (χ0v) is 7.68. The molecule has 0 N–H and O–H groups in total. The van der Waals surface area contributed by atoms with Crippen molar-refractivity contribution < 1.29 is 0 Å². The van der Waals surface area contributed by atoms with Crippen molar-refractivity contribution in [3.8, 4) is 11.9 Å². The van der Waals surface area contributed by atoms with Gasteiger partial charge in [-0.2, -0.15) is 5.26 Å². The van der Waals surface area contributed by atoms with Crippen molar-refractivity contribution in [1.29, 1.82) is 5.26 Å². The Bertz CT molecular complexity index is 479. The normalized spacial score (nSPS) is 9.71. The summed E-state index contributed by atoms with van der Waals surface area (Å²) in [6.45, 7) is 1.89. The highest BCUT2D eigenvalue weighted by Crippen LogP contribution is 2.13. The van der Waals surface area contributed by atoms with Crippen molar-refractivity contribution in [3.05, 3.63) is 42.1 Å². The molecular weight excluding hydrogens is 176 g/mol. The molecule has 0 atom stereocenters. The summed E-state index contributed by atoms with van der Waals surface area (Å²) in [5.74, 6) is 0.630. The van der Waals surface area contributed by atoms with E-state index in [1.54, 1.807) is 29.5 Å². The standard InChI is InChI=1S/C10H8N4/c1-8-2-3-13-10(9(8)6-11)14-5-4-12-7-14/h2-5,7H,1H3. The van der Waals surface area contributed by atoms with E-state index < -0.39 is 0 Å². The first-order valence-electron chi connectivity index (χ1n) is 4.17. The number of aryl methyl sites for hydroxylation is 1. The molecule has 0 saturated carbocycles. The molecule has 0 spiro atoms. The van der Waals surface area contributed by atoms with Crippen LogP contribution in [0.15, 0.2) is 31.0 Å². The van der Waals surface area contributed by atoms with Gasteiger partial charge in [-0.15, -0.1) is 0 Å². The van der Waals surface area contributed by atoms with Crippen LogP contribution in [-0.4, -0.2) is 14.5 Å². The molecule has 0 saturated heterocycles. The number of imidazole rings is 1. The van der Waals surface area contributed by atoms with Gasteiger partial charge in [0, 0.05) is 18.6 Å². The van der Waals surface area contributed by atoms with Crippen LogP contribution in [0.4, 0.5) is 0 Å². The first-order valence-corrected chi connectivity index (χ1v) is 4.17. The van der Waals surface area contributed by atoms with Crippen LogP contribution in [0.2, 0.25) is 0 Å². The third kappa shape index (κ3) is 1.25. The van der Waals surface area contributed by atoms with E-state index in [9.17, 15) is 0 Å². The largest absolute Gasteiger partial charge is 0.289 e. The Balaban J connectivity index is 2.66. The number of hydrogen-bond donors (Lipinski definition) is 0. The number of pyridine rings is 1. The SMILES string of the molecule is Cc1ccnc(-n2ccnc2)c1C#N. The second-order valence-corrected chi connectivity index (χ2v) is 2.91. The second-order valence-electron chi connectivity index (χ2n) is 2.91. The lowest BCUT2D eigenvalue weighted by atomic mass is 10.1. The highest BCUT2D eigenvalue weighted by Gasteiger charge is 2.07. The Morgan fingerprint density at radius 2 is 2.29 bits per heavy atom.